The van der Waals surface area contributed by atoms with E-state index >= 15 is 0 Å². The van der Waals surface area contributed by atoms with Crippen LogP contribution in [-0.2, 0) is 10.8 Å². The zero-order valence-electron chi connectivity index (χ0n) is 8.91. The van der Waals surface area contributed by atoms with Gasteiger partial charge in [0.2, 0.25) is 0 Å². The third-order valence-corrected chi connectivity index (χ3v) is 4.38. The van der Waals surface area contributed by atoms with Gasteiger partial charge in [0, 0.05) is 33.4 Å². The second kappa shape index (κ2) is 5.06. The Labute approximate surface area is 103 Å². The van der Waals surface area contributed by atoms with Gasteiger partial charge in [-0.05, 0) is 31.0 Å². The maximum absolute atomic E-state index is 11.2. The van der Waals surface area contributed by atoms with E-state index in [0.717, 1.165) is 30.0 Å². The molecule has 1 saturated heterocycles. The van der Waals surface area contributed by atoms with E-state index in [0.29, 0.717) is 16.8 Å². The summed E-state index contributed by atoms with van der Waals surface area (Å²) in [5, 5.41) is 4.04. The molecule has 0 amide bonds. The molecule has 1 aromatic carbocycles. The van der Waals surface area contributed by atoms with Crippen LogP contribution in [0.3, 0.4) is 0 Å². The minimum absolute atomic E-state index is 0.360. The molecule has 1 aliphatic heterocycles. The lowest BCUT2D eigenvalue weighted by Gasteiger charge is -2.24. The average Bonchev–Trinajstić information content (AvgIpc) is 2.27. The fraction of sp³-hybridized carbons (Fsp3) is 0.455. The van der Waals surface area contributed by atoms with Crippen molar-refractivity contribution in [3.8, 4) is 0 Å². The van der Waals surface area contributed by atoms with Crippen LogP contribution in [0, 0.1) is 0 Å². The first kappa shape index (κ1) is 11.7. The van der Waals surface area contributed by atoms with Crippen LogP contribution in [0.5, 0.6) is 0 Å². The molecule has 2 rings (SSSR count). The first-order valence-electron chi connectivity index (χ1n) is 5.31. The van der Waals surface area contributed by atoms with Gasteiger partial charge < -0.3 is 11.1 Å². The Hall–Kier alpha value is -0.740. The number of rotatable bonds is 2. The lowest BCUT2D eigenvalue weighted by Crippen LogP contribution is -2.29. The first-order valence-corrected chi connectivity index (χ1v) is 7.18. The third-order valence-electron chi connectivity index (χ3n) is 2.76. The lowest BCUT2D eigenvalue weighted by molar-refractivity contribution is 0.624. The quantitative estimate of drug-likeness (QED) is 0.800. The van der Waals surface area contributed by atoms with Crippen LogP contribution in [0.4, 0.5) is 11.4 Å². The van der Waals surface area contributed by atoms with Gasteiger partial charge in [0.1, 0.15) is 0 Å². The van der Waals surface area contributed by atoms with E-state index in [-0.39, 0.29) is 0 Å². The molecule has 0 aliphatic carbocycles. The van der Waals surface area contributed by atoms with E-state index in [4.69, 9.17) is 17.3 Å². The van der Waals surface area contributed by atoms with Gasteiger partial charge in [-0.1, -0.05) is 11.6 Å². The van der Waals surface area contributed by atoms with E-state index in [2.05, 4.69) is 5.32 Å². The van der Waals surface area contributed by atoms with Gasteiger partial charge in [-0.15, -0.1) is 0 Å². The number of hydrogen-bond acceptors (Lipinski definition) is 3. The SMILES string of the molecule is Nc1ccc(Cl)cc1NC1CCS(=O)CC1. The number of nitrogen functional groups attached to an aromatic ring is 1. The molecule has 88 valence electrons. The number of anilines is 2. The van der Waals surface area contributed by atoms with E-state index in [9.17, 15) is 4.21 Å². The molecule has 1 aliphatic rings. The van der Waals surface area contributed by atoms with Gasteiger partial charge in [-0.2, -0.15) is 0 Å². The normalized spacial score (nSPS) is 25.3. The summed E-state index contributed by atoms with van der Waals surface area (Å²) < 4.78 is 11.2. The number of benzene rings is 1. The summed E-state index contributed by atoms with van der Waals surface area (Å²) in [4.78, 5) is 0. The second-order valence-electron chi connectivity index (χ2n) is 4.00. The van der Waals surface area contributed by atoms with Gasteiger partial charge in [0.15, 0.2) is 0 Å². The highest BCUT2D eigenvalue weighted by atomic mass is 35.5. The molecule has 1 fully saturated rings. The molecule has 0 bridgehead atoms. The highest BCUT2D eigenvalue weighted by Gasteiger charge is 2.18. The van der Waals surface area contributed by atoms with Gasteiger partial charge in [-0.25, -0.2) is 0 Å². The highest BCUT2D eigenvalue weighted by Crippen LogP contribution is 2.25. The molecule has 0 aromatic heterocycles. The summed E-state index contributed by atoms with van der Waals surface area (Å²) in [7, 11) is -0.626. The lowest BCUT2D eigenvalue weighted by atomic mass is 10.1. The van der Waals surface area contributed by atoms with Crippen molar-refractivity contribution in [3.63, 3.8) is 0 Å². The molecule has 1 aromatic rings. The smallest absolute Gasteiger partial charge is 0.0591 e. The predicted molar refractivity (Wildman–Crippen MR) is 70.4 cm³/mol. The molecule has 0 unspecified atom stereocenters. The maximum atomic E-state index is 11.2. The minimum Gasteiger partial charge on any atom is -0.397 e. The second-order valence-corrected chi connectivity index (χ2v) is 6.13. The monoisotopic (exact) mass is 258 g/mol. The molecular weight excluding hydrogens is 244 g/mol. The van der Waals surface area contributed by atoms with Crippen LogP contribution in [-0.4, -0.2) is 21.8 Å². The van der Waals surface area contributed by atoms with Crippen LogP contribution in [0.2, 0.25) is 5.02 Å². The van der Waals surface area contributed by atoms with E-state index in [1.807, 2.05) is 6.07 Å². The van der Waals surface area contributed by atoms with Gasteiger partial charge >= 0.3 is 0 Å². The summed E-state index contributed by atoms with van der Waals surface area (Å²) >= 11 is 5.91. The van der Waals surface area contributed by atoms with E-state index in [1.54, 1.807) is 12.1 Å². The molecular formula is C11H15ClN2OS. The summed E-state index contributed by atoms with van der Waals surface area (Å²) in [6.07, 6.45) is 1.86. The molecule has 1 heterocycles. The Bertz CT molecular complexity index is 401. The van der Waals surface area contributed by atoms with Crippen molar-refractivity contribution in [2.75, 3.05) is 22.6 Å². The van der Waals surface area contributed by atoms with Crippen molar-refractivity contribution in [3.05, 3.63) is 23.2 Å². The standard InChI is InChI=1S/C11H15ClN2OS/c12-8-1-2-10(13)11(7-8)14-9-3-5-16(15)6-4-9/h1-2,7,9,14H,3-6,13H2. The zero-order valence-corrected chi connectivity index (χ0v) is 10.5. The Morgan fingerprint density at radius 2 is 2.06 bits per heavy atom. The van der Waals surface area contributed by atoms with Crippen molar-refractivity contribution < 1.29 is 4.21 Å². The van der Waals surface area contributed by atoms with Crippen molar-refractivity contribution in [2.45, 2.75) is 18.9 Å². The van der Waals surface area contributed by atoms with Gasteiger partial charge in [0.25, 0.3) is 0 Å². The topological polar surface area (TPSA) is 55.1 Å². The molecule has 0 radical (unpaired) electrons. The number of halogens is 1. The highest BCUT2D eigenvalue weighted by molar-refractivity contribution is 7.85. The maximum Gasteiger partial charge on any atom is 0.0591 e. The average molecular weight is 259 g/mol. The predicted octanol–water partition coefficient (Wildman–Crippen LogP) is 2.25. The Morgan fingerprint density at radius 1 is 1.38 bits per heavy atom. The summed E-state index contributed by atoms with van der Waals surface area (Å²) in [6, 6.07) is 5.77. The molecule has 3 nitrogen and oxygen atoms in total. The van der Waals surface area contributed by atoms with Crippen LogP contribution in [0.1, 0.15) is 12.8 Å². The Morgan fingerprint density at radius 3 is 2.75 bits per heavy atom. The summed E-state index contributed by atoms with van der Waals surface area (Å²) in [5.41, 5.74) is 7.44. The molecule has 5 heteroatoms. The molecule has 0 atom stereocenters. The van der Waals surface area contributed by atoms with Gasteiger partial charge in [-0.3, -0.25) is 4.21 Å². The van der Waals surface area contributed by atoms with E-state index in [1.165, 1.54) is 0 Å². The third kappa shape index (κ3) is 2.89. The molecule has 3 N–H and O–H groups in total. The largest absolute Gasteiger partial charge is 0.397 e. The van der Waals surface area contributed by atoms with Crippen molar-refractivity contribution in [2.24, 2.45) is 0 Å². The Kier molecular flexibility index (Phi) is 3.71. The van der Waals surface area contributed by atoms with Crippen LogP contribution in [0.15, 0.2) is 18.2 Å². The fourth-order valence-electron chi connectivity index (χ4n) is 1.81. The van der Waals surface area contributed by atoms with Crippen molar-refractivity contribution >= 4 is 33.8 Å². The Balaban J connectivity index is 2.03. The van der Waals surface area contributed by atoms with Crippen molar-refractivity contribution in [1.29, 1.82) is 0 Å². The fourth-order valence-corrected chi connectivity index (χ4v) is 3.28. The molecule has 0 saturated carbocycles. The minimum atomic E-state index is -0.626. The number of hydrogen-bond donors (Lipinski definition) is 2. The number of nitrogens with one attached hydrogen (secondary N) is 1. The van der Waals surface area contributed by atoms with Crippen LogP contribution in [0.25, 0.3) is 0 Å². The molecule has 0 spiro atoms. The number of nitrogens with two attached hydrogens (primary N) is 1. The zero-order chi connectivity index (χ0) is 11.5. The van der Waals surface area contributed by atoms with Crippen molar-refractivity contribution in [1.82, 2.24) is 0 Å². The van der Waals surface area contributed by atoms with Gasteiger partial charge in [0.05, 0.1) is 11.4 Å². The summed E-state index contributed by atoms with van der Waals surface area (Å²) in [5.74, 6) is 1.55. The van der Waals surface area contributed by atoms with E-state index < -0.39 is 10.8 Å². The summed E-state index contributed by atoms with van der Waals surface area (Å²) in [6.45, 7) is 0. The molecule has 16 heavy (non-hydrogen) atoms. The van der Waals surface area contributed by atoms with Crippen LogP contribution < -0.4 is 11.1 Å². The van der Waals surface area contributed by atoms with Crippen LogP contribution >= 0.6 is 11.6 Å². The first-order chi connectivity index (χ1) is 7.65.